The fourth-order valence-electron chi connectivity index (χ4n) is 5.29. The number of nitrogens with one attached hydrogen (secondary N) is 1. The van der Waals surface area contributed by atoms with Crippen LogP contribution < -0.4 is 14.4 Å². The van der Waals surface area contributed by atoms with Gasteiger partial charge in [-0.3, -0.25) is 13.9 Å². The number of aryl methyl sites for hydroxylation is 2. The Bertz CT molecular complexity index is 1480. The molecule has 1 unspecified atom stereocenters. The lowest BCUT2D eigenvalue weighted by Gasteiger charge is -2.33. The Kier molecular flexibility index (Phi) is 10.3. The summed E-state index contributed by atoms with van der Waals surface area (Å²) in [7, 11) is -2.64. The van der Waals surface area contributed by atoms with E-state index in [0.29, 0.717) is 5.75 Å². The van der Waals surface area contributed by atoms with Crippen LogP contribution in [0.4, 0.5) is 5.69 Å². The number of hydrogen-bond acceptors (Lipinski definition) is 5. The van der Waals surface area contributed by atoms with Gasteiger partial charge in [0.25, 0.3) is 10.0 Å². The number of rotatable bonds is 11. The van der Waals surface area contributed by atoms with Gasteiger partial charge in [0.15, 0.2) is 0 Å². The summed E-state index contributed by atoms with van der Waals surface area (Å²) in [6.07, 6.45) is 5.14. The van der Waals surface area contributed by atoms with Crippen LogP contribution >= 0.6 is 0 Å². The molecule has 0 aromatic heterocycles. The van der Waals surface area contributed by atoms with Crippen molar-refractivity contribution in [2.45, 2.75) is 76.4 Å². The maximum atomic E-state index is 14.1. The molecule has 1 fully saturated rings. The van der Waals surface area contributed by atoms with Gasteiger partial charge in [-0.15, -0.1) is 0 Å². The van der Waals surface area contributed by atoms with Gasteiger partial charge in [0.05, 0.1) is 17.7 Å². The molecule has 0 aliphatic heterocycles. The van der Waals surface area contributed by atoms with Crippen molar-refractivity contribution in [3.63, 3.8) is 0 Å². The molecule has 1 N–H and O–H groups in total. The third kappa shape index (κ3) is 7.70. The second-order valence-electron chi connectivity index (χ2n) is 11.1. The maximum Gasteiger partial charge on any atom is 0.264 e. The molecule has 4 rings (SSSR count). The number of nitrogens with zero attached hydrogens (tertiary/aromatic N) is 2. The Hall–Kier alpha value is -3.85. The highest BCUT2D eigenvalue weighted by Gasteiger charge is 2.33. The van der Waals surface area contributed by atoms with Gasteiger partial charge in [-0.2, -0.15) is 0 Å². The highest BCUT2D eigenvalue weighted by atomic mass is 32.2. The van der Waals surface area contributed by atoms with Gasteiger partial charge in [0.1, 0.15) is 18.3 Å². The first-order chi connectivity index (χ1) is 20.1. The Morgan fingerprint density at radius 2 is 1.62 bits per heavy atom. The smallest absolute Gasteiger partial charge is 0.264 e. The van der Waals surface area contributed by atoms with Gasteiger partial charge in [-0.1, -0.05) is 72.9 Å². The molecular weight excluding hydrogens is 550 g/mol. The van der Waals surface area contributed by atoms with Crippen LogP contribution in [0, 0.1) is 13.8 Å². The summed E-state index contributed by atoms with van der Waals surface area (Å²) in [4.78, 5) is 29.1. The van der Waals surface area contributed by atoms with Gasteiger partial charge in [-0.25, -0.2) is 8.42 Å². The number of hydrogen-bond donors (Lipinski definition) is 1. The summed E-state index contributed by atoms with van der Waals surface area (Å²) >= 11 is 0. The summed E-state index contributed by atoms with van der Waals surface area (Å²) in [6.45, 7) is 5.22. The first-order valence-corrected chi connectivity index (χ1v) is 15.9. The van der Waals surface area contributed by atoms with Crippen molar-refractivity contribution in [1.82, 2.24) is 10.2 Å². The topological polar surface area (TPSA) is 96.0 Å². The van der Waals surface area contributed by atoms with Crippen molar-refractivity contribution in [1.29, 1.82) is 0 Å². The third-order valence-corrected chi connectivity index (χ3v) is 9.57. The average Bonchev–Trinajstić information content (AvgIpc) is 2.99. The molecule has 0 bridgehead atoms. The van der Waals surface area contributed by atoms with E-state index < -0.39 is 28.5 Å². The molecule has 3 aromatic carbocycles. The summed E-state index contributed by atoms with van der Waals surface area (Å²) < 4.78 is 34.5. The zero-order valence-electron chi connectivity index (χ0n) is 24.9. The van der Waals surface area contributed by atoms with Gasteiger partial charge in [0.2, 0.25) is 11.8 Å². The van der Waals surface area contributed by atoms with Crippen LogP contribution in [0.2, 0.25) is 0 Å². The predicted octanol–water partition coefficient (Wildman–Crippen LogP) is 5.37. The molecule has 9 heteroatoms. The molecule has 8 nitrogen and oxygen atoms in total. The number of carbonyl (C=O) groups excluding carboxylic acids is 2. The van der Waals surface area contributed by atoms with E-state index in [1.165, 1.54) is 24.1 Å². The molecule has 2 amide bonds. The lowest BCUT2D eigenvalue weighted by atomic mass is 9.95. The standard InChI is InChI=1S/C33H41N3O5S/c1-24-16-18-31(19-17-24)42(39,40)36(29-14-9-15-30(21-29)41-4)23-32(37)35(22-27-11-8-10-25(2)20-27)26(3)33(38)34-28-12-6-5-7-13-28/h8-11,14-21,26,28H,5-7,12-13,22-23H2,1-4H3,(H,34,38). The van der Waals surface area contributed by atoms with Crippen molar-refractivity contribution in [2.24, 2.45) is 0 Å². The number of methoxy groups -OCH3 is 1. The Morgan fingerprint density at radius 3 is 2.29 bits per heavy atom. The average molecular weight is 592 g/mol. The molecule has 0 saturated heterocycles. The van der Waals surface area contributed by atoms with E-state index in [9.17, 15) is 18.0 Å². The monoisotopic (exact) mass is 591 g/mol. The SMILES string of the molecule is COc1cccc(N(CC(=O)N(Cc2cccc(C)c2)C(C)C(=O)NC2CCCCC2)S(=O)(=O)c2ccc(C)cc2)c1. The molecule has 1 aliphatic rings. The van der Waals surface area contributed by atoms with E-state index in [1.807, 2.05) is 38.1 Å². The zero-order valence-corrected chi connectivity index (χ0v) is 25.7. The van der Waals surface area contributed by atoms with Crippen molar-refractivity contribution >= 4 is 27.5 Å². The van der Waals surface area contributed by atoms with Crippen LogP contribution in [0.25, 0.3) is 0 Å². The lowest BCUT2D eigenvalue weighted by Crippen LogP contribution is -2.53. The third-order valence-electron chi connectivity index (χ3n) is 7.78. The van der Waals surface area contributed by atoms with Crippen molar-refractivity contribution in [3.8, 4) is 5.75 Å². The Balaban J connectivity index is 1.69. The van der Waals surface area contributed by atoms with Crippen LogP contribution in [0.5, 0.6) is 5.75 Å². The summed E-state index contributed by atoms with van der Waals surface area (Å²) in [5.74, 6) is -0.264. The van der Waals surface area contributed by atoms with Crippen LogP contribution in [0.1, 0.15) is 55.7 Å². The minimum absolute atomic E-state index is 0.0667. The fourth-order valence-corrected chi connectivity index (χ4v) is 6.70. The summed E-state index contributed by atoms with van der Waals surface area (Å²) in [5, 5.41) is 3.13. The number of amides is 2. The number of carbonyl (C=O) groups is 2. The first-order valence-electron chi connectivity index (χ1n) is 14.5. The van der Waals surface area contributed by atoms with Crippen LogP contribution in [-0.4, -0.2) is 50.9 Å². The highest BCUT2D eigenvalue weighted by Crippen LogP contribution is 2.28. The lowest BCUT2D eigenvalue weighted by molar-refractivity contribution is -0.139. The van der Waals surface area contributed by atoms with E-state index in [-0.39, 0.29) is 29.1 Å². The van der Waals surface area contributed by atoms with E-state index in [1.54, 1.807) is 43.3 Å². The normalized spacial score (nSPS) is 14.6. The molecule has 1 saturated carbocycles. The molecule has 42 heavy (non-hydrogen) atoms. The number of sulfonamides is 1. The fraction of sp³-hybridized carbons (Fsp3) is 0.394. The van der Waals surface area contributed by atoms with Crippen LogP contribution in [0.15, 0.2) is 77.7 Å². The minimum Gasteiger partial charge on any atom is -0.497 e. The number of benzene rings is 3. The molecule has 224 valence electrons. The molecule has 3 aromatic rings. The molecule has 1 aliphatic carbocycles. The second kappa shape index (κ2) is 13.9. The molecule has 0 spiro atoms. The maximum absolute atomic E-state index is 14.1. The van der Waals surface area contributed by atoms with E-state index >= 15 is 0 Å². The van der Waals surface area contributed by atoms with Crippen molar-refractivity contribution < 1.29 is 22.7 Å². The van der Waals surface area contributed by atoms with Crippen molar-refractivity contribution in [3.05, 3.63) is 89.5 Å². The largest absolute Gasteiger partial charge is 0.497 e. The first kappa shape index (κ1) is 31.1. The second-order valence-corrected chi connectivity index (χ2v) is 12.9. The Morgan fingerprint density at radius 1 is 0.929 bits per heavy atom. The molecule has 0 radical (unpaired) electrons. The number of ether oxygens (including phenoxy) is 1. The van der Waals surface area contributed by atoms with Gasteiger partial charge in [0, 0.05) is 18.7 Å². The quantitative estimate of drug-likeness (QED) is 0.323. The van der Waals surface area contributed by atoms with Crippen molar-refractivity contribution in [2.75, 3.05) is 18.0 Å². The highest BCUT2D eigenvalue weighted by molar-refractivity contribution is 7.92. The molecule has 1 atom stereocenters. The van der Waals surface area contributed by atoms with Crippen LogP contribution in [0.3, 0.4) is 0 Å². The summed E-state index contributed by atoms with van der Waals surface area (Å²) in [5.41, 5.74) is 3.09. The zero-order chi connectivity index (χ0) is 30.3. The van der Waals surface area contributed by atoms with Gasteiger partial charge < -0.3 is 15.0 Å². The molecule has 0 heterocycles. The van der Waals surface area contributed by atoms with Gasteiger partial charge >= 0.3 is 0 Å². The van der Waals surface area contributed by atoms with E-state index in [0.717, 1.165) is 53.1 Å². The van der Waals surface area contributed by atoms with E-state index in [2.05, 4.69) is 5.32 Å². The number of anilines is 1. The summed E-state index contributed by atoms with van der Waals surface area (Å²) in [6, 6.07) is 20.1. The Labute approximate surface area is 249 Å². The molecular formula is C33H41N3O5S. The van der Waals surface area contributed by atoms with E-state index in [4.69, 9.17) is 4.74 Å². The van der Waals surface area contributed by atoms with Gasteiger partial charge in [-0.05, 0) is 63.4 Å². The minimum atomic E-state index is -4.14. The predicted molar refractivity (Wildman–Crippen MR) is 165 cm³/mol. The van der Waals surface area contributed by atoms with Crippen LogP contribution in [-0.2, 0) is 26.2 Å².